The van der Waals surface area contributed by atoms with Gasteiger partial charge < -0.3 is 10.3 Å². The molecule has 0 saturated carbocycles. The first-order valence-electron chi connectivity index (χ1n) is 10.5. The Hall–Kier alpha value is -3.57. The number of nitrogens with two attached hydrogens (primary N) is 1. The van der Waals surface area contributed by atoms with Gasteiger partial charge in [0.15, 0.2) is 15.6 Å². The van der Waals surface area contributed by atoms with Crippen LogP contribution in [0.25, 0.3) is 34.0 Å². The highest BCUT2D eigenvalue weighted by Crippen LogP contribution is 2.38. The molecule has 0 unspecified atom stereocenters. The van der Waals surface area contributed by atoms with Crippen molar-refractivity contribution in [2.45, 2.75) is 36.7 Å². The Kier molecular flexibility index (Phi) is 6.48. The molecule has 2 aromatic carbocycles. The van der Waals surface area contributed by atoms with E-state index in [0.29, 0.717) is 16.8 Å². The molecule has 1 radical (unpaired) electrons. The minimum Gasteiger partial charge on any atom is -0.354 e. The Morgan fingerprint density at radius 2 is 1.77 bits per heavy atom. The summed E-state index contributed by atoms with van der Waals surface area (Å²) >= 11 is 0. The zero-order chi connectivity index (χ0) is 25.4. The molecule has 0 aliphatic heterocycles. The van der Waals surface area contributed by atoms with Gasteiger partial charge in [0, 0.05) is 23.7 Å². The fourth-order valence-electron chi connectivity index (χ4n) is 3.36. The number of halogens is 3. The SMILES string of the molecule is CC(C)S(=O)(=O)c1ccc(-c2cn[c]c(-c3cc(-c4ccc(CN)cc4C(F)(F)F)no3)n2)cc1. The van der Waals surface area contributed by atoms with E-state index in [2.05, 4.69) is 21.3 Å². The number of benzene rings is 2. The van der Waals surface area contributed by atoms with Crippen LogP contribution in [0.4, 0.5) is 13.2 Å². The minimum atomic E-state index is -4.61. The van der Waals surface area contributed by atoms with Gasteiger partial charge in [-0.3, -0.25) is 0 Å². The van der Waals surface area contributed by atoms with Crippen LogP contribution in [-0.4, -0.2) is 28.8 Å². The molecule has 35 heavy (non-hydrogen) atoms. The molecule has 2 heterocycles. The Balaban J connectivity index is 1.67. The molecular weight excluding hydrogens is 481 g/mol. The third-order valence-electron chi connectivity index (χ3n) is 5.33. The molecule has 7 nitrogen and oxygen atoms in total. The van der Waals surface area contributed by atoms with Crippen molar-refractivity contribution in [1.29, 1.82) is 0 Å². The first-order chi connectivity index (χ1) is 16.5. The monoisotopic (exact) mass is 501 g/mol. The van der Waals surface area contributed by atoms with Crippen LogP contribution in [0.5, 0.6) is 0 Å². The molecule has 0 bridgehead atoms. The van der Waals surface area contributed by atoms with E-state index in [-0.39, 0.29) is 34.2 Å². The predicted octanol–water partition coefficient (Wildman–Crippen LogP) is 4.93. The lowest BCUT2D eigenvalue weighted by Crippen LogP contribution is -2.13. The maximum Gasteiger partial charge on any atom is 0.417 e. The van der Waals surface area contributed by atoms with Crippen LogP contribution in [0.1, 0.15) is 25.0 Å². The number of nitrogens with zero attached hydrogens (tertiary/aromatic N) is 3. The summed E-state index contributed by atoms with van der Waals surface area (Å²) in [5.41, 5.74) is 5.88. The summed E-state index contributed by atoms with van der Waals surface area (Å²) in [7, 11) is -3.42. The third-order valence-corrected chi connectivity index (χ3v) is 7.50. The highest BCUT2D eigenvalue weighted by atomic mass is 32.2. The molecule has 2 aromatic heterocycles. The predicted molar refractivity (Wildman–Crippen MR) is 122 cm³/mol. The van der Waals surface area contributed by atoms with E-state index in [1.807, 2.05) is 0 Å². The van der Waals surface area contributed by atoms with Crippen molar-refractivity contribution >= 4 is 9.84 Å². The van der Waals surface area contributed by atoms with Crippen molar-refractivity contribution in [3.05, 3.63) is 72.1 Å². The van der Waals surface area contributed by atoms with Gasteiger partial charge in [0.25, 0.3) is 0 Å². The van der Waals surface area contributed by atoms with E-state index in [1.54, 1.807) is 26.0 Å². The first kappa shape index (κ1) is 24.6. The van der Waals surface area contributed by atoms with Crippen molar-refractivity contribution in [3.8, 4) is 34.0 Å². The van der Waals surface area contributed by atoms with E-state index in [0.717, 1.165) is 6.07 Å². The van der Waals surface area contributed by atoms with Gasteiger partial charge in [0.05, 0.1) is 27.6 Å². The maximum atomic E-state index is 13.6. The van der Waals surface area contributed by atoms with Gasteiger partial charge in [-0.05, 0) is 37.6 Å². The van der Waals surface area contributed by atoms with Gasteiger partial charge in [-0.1, -0.05) is 29.4 Å². The zero-order valence-electron chi connectivity index (χ0n) is 18.7. The Labute approximate surface area is 199 Å². The third kappa shape index (κ3) is 4.96. The fourth-order valence-corrected chi connectivity index (χ4v) is 4.42. The van der Waals surface area contributed by atoms with E-state index < -0.39 is 26.8 Å². The molecular formula is C24H20F3N4O3S. The summed E-state index contributed by atoms with van der Waals surface area (Å²) in [6.45, 7) is 3.17. The zero-order valence-corrected chi connectivity index (χ0v) is 19.5. The van der Waals surface area contributed by atoms with Crippen LogP contribution in [0.3, 0.4) is 0 Å². The molecule has 0 saturated heterocycles. The number of hydrogen-bond acceptors (Lipinski definition) is 7. The molecule has 0 aliphatic rings. The van der Waals surface area contributed by atoms with Gasteiger partial charge >= 0.3 is 6.18 Å². The van der Waals surface area contributed by atoms with E-state index in [1.165, 1.54) is 36.5 Å². The standard InChI is InChI=1S/C24H20F3N4O3S/c1-14(2)35(32,33)17-6-4-16(5-7-17)21-12-29-13-22(30-21)23-10-20(31-34-23)18-8-3-15(11-28)9-19(18)24(25,26)27/h3-10,12,14H,11,28H2,1-2H3. The first-order valence-corrected chi connectivity index (χ1v) is 12.0. The van der Waals surface area contributed by atoms with Crippen LogP contribution in [0.2, 0.25) is 0 Å². The summed E-state index contributed by atoms with van der Waals surface area (Å²) < 4.78 is 70.7. The Bertz CT molecular complexity index is 1460. The number of rotatable bonds is 6. The quantitative estimate of drug-likeness (QED) is 0.399. The molecule has 0 fully saturated rings. The molecule has 0 atom stereocenters. The van der Waals surface area contributed by atoms with Crippen LogP contribution in [0, 0.1) is 6.20 Å². The summed E-state index contributed by atoms with van der Waals surface area (Å²) in [6.07, 6.45) is -0.536. The van der Waals surface area contributed by atoms with E-state index in [4.69, 9.17) is 10.3 Å². The van der Waals surface area contributed by atoms with Gasteiger partial charge in [-0.15, -0.1) is 0 Å². The summed E-state index contributed by atoms with van der Waals surface area (Å²) in [5, 5.41) is 3.23. The van der Waals surface area contributed by atoms with Crippen molar-refractivity contribution < 1.29 is 26.1 Å². The smallest absolute Gasteiger partial charge is 0.354 e. The fraction of sp³-hybridized carbons (Fsp3) is 0.208. The second-order valence-electron chi connectivity index (χ2n) is 7.99. The van der Waals surface area contributed by atoms with Crippen LogP contribution >= 0.6 is 0 Å². The minimum absolute atomic E-state index is 0.0280. The molecule has 0 amide bonds. The largest absolute Gasteiger partial charge is 0.417 e. The average Bonchev–Trinajstić information content (AvgIpc) is 3.33. The van der Waals surface area contributed by atoms with Crippen LogP contribution in [-0.2, 0) is 22.6 Å². The number of alkyl halides is 3. The average molecular weight is 502 g/mol. The second kappa shape index (κ2) is 9.23. The van der Waals surface area contributed by atoms with Gasteiger partial charge in [0.2, 0.25) is 0 Å². The van der Waals surface area contributed by atoms with Crippen LogP contribution in [0.15, 0.2) is 64.1 Å². The van der Waals surface area contributed by atoms with Crippen molar-refractivity contribution in [3.63, 3.8) is 0 Å². The maximum absolute atomic E-state index is 13.6. The number of hydrogen-bond donors (Lipinski definition) is 1. The molecule has 2 N–H and O–H groups in total. The van der Waals surface area contributed by atoms with Crippen molar-refractivity contribution in [2.75, 3.05) is 0 Å². The molecule has 181 valence electrons. The lowest BCUT2D eigenvalue weighted by atomic mass is 10.0. The van der Waals surface area contributed by atoms with E-state index in [9.17, 15) is 21.6 Å². The molecule has 11 heteroatoms. The molecule has 4 aromatic rings. The summed E-state index contributed by atoms with van der Waals surface area (Å²) in [6, 6.07) is 11.3. The topological polar surface area (TPSA) is 112 Å². The highest BCUT2D eigenvalue weighted by molar-refractivity contribution is 7.92. The van der Waals surface area contributed by atoms with Gasteiger partial charge in [-0.25, -0.2) is 18.4 Å². The second-order valence-corrected chi connectivity index (χ2v) is 10.5. The van der Waals surface area contributed by atoms with E-state index >= 15 is 0 Å². The van der Waals surface area contributed by atoms with Gasteiger partial charge in [-0.2, -0.15) is 13.2 Å². The highest BCUT2D eigenvalue weighted by Gasteiger charge is 2.34. The molecule has 0 spiro atoms. The van der Waals surface area contributed by atoms with Crippen molar-refractivity contribution in [1.82, 2.24) is 15.1 Å². The van der Waals surface area contributed by atoms with Crippen LogP contribution < -0.4 is 5.73 Å². The van der Waals surface area contributed by atoms with Crippen molar-refractivity contribution in [2.24, 2.45) is 5.73 Å². The molecule has 0 aliphatic carbocycles. The van der Waals surface area contributed by atoms with Gasteiger partial charge in [0.1, 0.15) is 17.6 Å². The summed E-state index contributed by atoms with van der Waals surface area (Å²) in [4.78, 5) is 8.60. The normalized spacial score (nSPS) is 12.3. The lowest BCUT2D eigenvalue weighted by Gasteiger charge is -2.12. The molecule has 4 rings (SSSR count). The lowest BCUT2D eigenvalue weighted by molar-refractivity contribution is -0.137. The summed E-state index contributed by atoms with van der Waals surface area (Å²) in [5.74, 6) is 0.0735. The number of aromatic nitrogens is 3. The Morgan fingerprint density at radius 3 is 2.40 bits per heavy atom. The Morgan fingerprint density at radius 1 is 1.06 bits per heavy atom. The number of sulfone groups is 1.